The fourth-order valence-electron chi connectivity index (χ4n) is 1.98. The van der Waals surface area contributed by atoms with E-state index in [1.807, 2.05) is 25.9 Å². The van der Waals surface area contributed by atoms with Crippen molar-refractivity contribution in [2.45, 2.75) is 26.1 Å². The number of ether oxygens (including phenoxy) is 1. The summed E-state index contributed by atoms with van der Waals surface area (Å²) in [5.74, 6) is 0.525. The number of hydrogen-bond acceptors (Lipinski definition) is 3. The van der Waals surface area contributed by atoms with Crippen LogP contribution in [-0.2, 0) is 0 Å². The Morgan fingerprint density at radius 1 is 1.37 bits per heavy atom. The van der Waals surface area contributed by atoms with Crippen molar-refractivity contribution in [1.29, 1.82) is 0 Å². The van der Waals surface area contributed by atoms with Gasteiger partial charge in [0.2, 0.25) is 0 Å². The van der Waals surface area contributed by atoms with E-state index < -0.39 is 6.55 Å². The van der Waals surface area contributed by atoms with Crippen molar-refractivity contribution < 1.29 is 13.5 Å². The number of nitrogens with zero attached hydrogens (tertiary/aromatic N) is 3. The Morgan fingerprint density at radius 2 is 2.11 bits per heavy atom. The van der Waals surface area contributed by atoms with Gasteiger partial charge in [0.15, 0.2) is 6.23 Å². The van der Waals surface area contributed by atoms with Gasteiger partial charge in [0, 0.05) is 0 Å². The van der Waals surface area contributed by atoms with Gasteiger partial charge in [0.05, 0.1) is 5.52 Å². The molecule has 0 N–H and O–H groups in total. The molecule has 1 atom stereocenters. The Bertz CT molecular complexity index is 554. The molecule has 0 saturated carbocycles. The fourth-order valence-corrected chi connectivity index (χ4v) is 1.98. The van der Waals surface area contributed by atoms with Crippen LogP contribution in [0.2, 0.25) is 0 Å². The van der Waals surface area contributed by atoms with Crippen molar-refractivity contribution in [1.82, 2.24) is 14.5 Å². The van der Waals surface area contributed by atoms with E-state index in [1.54, 1.807) is 18.2 Å². The number of fused-ring (bicyclic) bond motifs is 1. The fraction of sp³-hybridized carbons (Fsp3) is 0.462. The molecule has 6 heteroatoms. The van der Waals surface area contributed by atoms with Crippen LogP contribution in [0.3, 0.4) is 0 Å². The van der Waals surface area contributed by atoms with Gasteiger partial charge in [-0.2, -0.15) is 8.78 Å². The molecule has 19 heavy (non-hydrogen) atoms. The Hall–Kier alpha value is -1.69. The van der Waals surface area contributed by atoms with Crippen LogP contribution in [0, 0.1) is 0 Å². The van der Waals surface area contributed by atoms with Gasteiger partial charge >= 0.3 is 6.55 Å². The highest BCUT2D eigenvalue weighted by Gasteiger charge is 2.16. The first kappa shape index (κ1) is 13.7. The first-order valence-corrected chi connectivity index (χ1v) is 6.11. The summed E-state index contributed by atoms with van der Waals surface area (Å²) in [7, 11) is 3.82. The highest BCUT2D eigenvalue weighted by Crippen LogP contribution is 2.28. The van der Waals surface area contributed by atoms with Gasteiger partial charge in [-0.1, -0.05) is 13.0 Å². The molecule has 1 aromatic carbocycles. The van der Waals surface area contributed by atoms with Crippen LogP contribution < -0.4 is 4.74 Å². The molecule has 0 radical (unpaired) electrons. The zero-order chi connectivity index (χ0) is 14.0. The van der Waals surface area contributed by atoms with Gasteiger partial charge in [-0.15, -0.1) is 0 Å². The predicted molar refractivity (Wildman–Crippen MR) is 69.4 cm³/mol. The van der Waals surface area contributed by atoms with Crippen molar-refractivity contribution in [3.8, 4) is 5.75 Å². The van der Waals surface area contributed by atoms with Crippen LogP contribution in [0.1, 0.15) is 19.9 Å². The molecule has 0 amide bonds. The van der Waals surface area contributed by atoms with E-state index in [2.05, 4.69) is 4.98 Å². The third-order valence-electron chi connectivity index (χ3n) is 2.97. The molecule has 0 saturated heterocycles. The second-order valence-electron chi connectivity index (χ2n) is 4.50. The first-order valence-electron chi connectivity index (χ1n) is 6.11. The van der Waals surface area contributed by atoms with E-state index in [-0.39, 0.29) is 6.23 Å². The monoisotopic (exact) mass is 269 g/mol. The number of rotatable bonds is 5. The van der Waals surface area contributed by atoms with Crippen molar-refractivity contribution in [2.24, 2.45) is 0 Å². The minimum atomic E-state index is -2.60. The molecule has 0 aliphatic rings. The number of halogens is 2. The lowest BCUT2D eigenvalue weighted by molar-refractivity contribution is 0.0625. The molecule has 0 bridgehead atoms. The summed E-state index contributed by atoms with van der Waals surface area (Å²) < 4.78 is 32.3. The minimum Gasteiger partial charge on any atom is -0.473 e. The Morgan fingerprint density at radius 3 is 2.68 bits per heavy atom. The lowest BCUT2D eigenvalue weighted by atomic mass is 10.3. The van der Waals surface area contributed by atoms with Gasteiger partial charge in [0.1, 0.15) is 17.6 Å². The van der Waals surface area contributed by atoms with Gasteiger partial charge in [-0.25, -0.2) is 4.98 Å². The number of para-hydroxylation sites is 1. The van der Waals surface area contributed by atoms with Crippen LogP contribution in [0.4, 0.5) is 8.78 Å². The standard InChI is InChI=1S/C13H17F2N3O/c1-4-11(17(2)3)19-10-7-5-6-9-12(10)16-8-18(9)13(14)15/h5-8,11,13H,4H2,1-3H3. The molecule has 0 fully saturated rings. The maximum atomic E-state index is 12.8. The molecule has 1 aromatic heterocycles. The number of hydrogen-bond donors (Lipinski definition) is 0. The lowest BCUT2D eigenvalue weighted by Gasteiger charge is -2.24. The molecule has 0 aliphatic carbocycles. The molecular weight excluding hydrogens is 252 g/mol. The summed E-state index contributed by atoms with van der Waals surface area (Å²) in [4.78, 5) is 5.96. The van der Waals surface area contributed by atoms with Crippen molar-refractivity contribution in [3.63, 3.8) is 0 Å². The van der Waals surface area contributed by atoms with E-state index in [0.29, 0.717) is 16.8 Å². The molecule has 1 heterocycles. The second-order valence-corrected chi connectivity index (χ2v) is 4.50. The molecule has 2 aromatic rings. The van der Waals surface area contributed by atoms with Crippen LogP contribution in [0.25, 0.3) is 11.0 Å². The highest BCUT2D eigenvalue weighted by atomic mass is 19.3. The van der Waals surface area contributed by atoms with Crippen LogP contribution in [-0.4, -0.2) is 34.8 Å². The highest BCUT2D eigenvalue weighted by molar-refractivity contribution is 5.81. The maximum Gasteiger partial charge on any atom is 0.320 e. The Balaban J connectivity index is 2.39. The topological polar surface area (TPSA) is 30.3 Å². The molecule has 1 unspecified atom stereocenters. The zero-order valence-corrected chi connectivity index (χ0v) is 11.2. The third kappa shape index (κ3) is 2.68. The zero-order valence-electron chi connectivity index (χ0n) is 11.2. The van der Waals surface area contributed by atoms with E-state index in [4.69, 9.17) is 4.74 Å². The van der Waals surface area contributed by atoms with Gasteiger partial charge in [-0.3, -0.25) is 9.47 Å². The summed E-state index contributed by atoms with van der Waals surface area (Å²) in [6.07, 6.45) is 1.82. The quantitative estimate of drug-likeness (QED) is 0.781. The number of aromatic nitrogens is 2. The van der Waals surface area contributed by atoms with Crippen molar-refractivity contribution in [2.75, 3.05) is 14.1 Å². The number of imidazole rings is 1. The molecule has 104 valence electrons. The molecule has 4 nitrogen and oxygen atoms in total. The average Bonchev–Trinajstić information content (AvgIpc) is 2.80. The molecular formula is C13H17F2N3O. The summed E-state index contributed by atoms with van der Waals surface area (Å²) in [5.41, 5.74) is 0.837. The summed E-state index contributed by atoms with van der Waals surface area (Å²) in [6.45, 7) is -0.598. The molecule has 0 aliphatic heterocycles. The number of alkyl halides is 2. The van der Waals surface area contributed by atoms with Crippen LogP contribution >= 0.6 is 0 Å². The third-order valence-corrected chi connectivity index (χ3v) is 2.97. The van der Waals surface area contributed by atoms with Crippen molar-refractivity contribution >= 4 is 11.0 Å². The van der Waals surface area contributed by atoms with E-state index >= 15 is 0 Å². The van der Waals surface area contributed by atoms with E-state index in [0.717, 1.165) is 17.3 Å². The van der Waals surface area contributed by atoms with E-state index in [1.165, 1.54) is 0 Å². The van der Waals surface area contributed by atoms with Gasteiger partial charge in [0.25, 0.3) is 0 Å². The molecule has 2 rings (SSSR count). The van der Waals surface area contributed by atoms with Crippen molar-refractivity contribution in [3.05, 3.63) is 24.5 Å². The maximum absolute atomic E-state index is 12.8. The minimum absolute atomic E-state index is 0.109. The first-order chi connectivity index (χ1) is 9.04. The lowest BCUT2D eigenvalue weighted by Crippen LogP contribution is -2.32. The molecule has 0 spiro atoms. The Kier molecular flexibility index (Phi) is 3.99. The Labute approximate surface area is 110 Å². The van der Waals surface area contributed by atoms with Crippen LogP contribution in [0.15, 0.2) is 24.5 Å². The largest absolute Gasteiger partial charge is 0.473 e. The average molecular weight is 269 g/mol. The van der Waals surface area contributed by atoms with Gasteiger partial charge in [-0.05, 0) is 32.6 Å². The summed E-state index contributed by atoms with van der Waals surface area (Å²) in [6, 6.07) is 5.05. The SMILES string of the molecule is CCC(Oc1cccc2c1ncn2C(F)F)N(C)C. The number of benzene rings is 1. The second kappa shape index (κ2) is 5.52. The van der Waals surface area contributed by atoms with Gasteiger partial charge < -0.3 is 4.74 Å². The smallest absolute Gasteiger partial charge is 0.320 e. The summed E-state index contributed by atoms with van der Waals surface area (Å²) >= 11 is 0. The van der Waals surface area contributed by atoms with E-state index in [9.17, 15) is 8.78 Å². The normalized spacial score (nSPS) is 13.4. The predicted octanol–water partition coefficient (Wildman–Crippen LogP) is 3.11. The van der Waals surface area contributed by atoms with Crippen LogP contribution in [0.5, 0.6) is 5.75 Å². The summed E-state index contributed by atoms with van der Waals surface area (Å²) in [5, 5.41) is 0.